The number of ether oxygens (including phenoxy) is 2. The quantitative estimate of drug-likeness (QED) is 0.821. The van der Waals surface area contributed by atoms with Gasteiger partial charge in [-0.15, -0.1) is 0 Å². The fraction of sp³-hybridized carbons (Fsp3) is 0.556. The first-order valence-electron chi connectivity index (χ1n) is 8.55. The van der Waals surface area contributed by atoms with E-state index in [1.165, 1.54) is 4.90 Å². The number of amides is 2. The molecule has 138 valence electrons. The van der Waals surface area contributed by atoms with Crippen LogP contribution in [-0.4, -0.2) is 53.9 Å². The normalized spacial score (nSPS) is 19.8. The minimum absolute atomic E-state index is 0.0955. The summed E-state index contributed by atoms with van der Waals surface area (Å²) in [5, 5.41) is 12.6. The number of nitrogens with one attached hydrogen (secondary N) is 1. The summed E-state index contributed by atoms with van der Waals surface area (Å²) in [6.07, 6.45) is -1.11. The van der Waals surface area contributed by atoms with Crippen molar-refractivity contribution in [2.45, 2.75) is 39.3 Å². The van der Waals surface area contributed by atoms with Crippen LogP contribution in [0.3, 0.4) is 0 Å². The molecule has 1 saturated heterocycles. The van der Waals surface area contributed by atoms with Gasteiger partial charge in [-0.25, -0.2) is 4.79 Å². The topological polar surface area (TPSA) is 88.1 Å². The fourth-order valence-corrected chi connectivity index (χ4v) is 2.61. The van der Waals surface area contributed by atoms with E-state index in [4.69, 9.17) is 9.47 Å². The van der Waals surface area contributed by atoms with Gasteiger partial charge in [-0.05, 0) is 37.1 Å². The van der Waals surface area contributed by atoms with Crippen LogP contribution in [0.5, 0.6) is 5.75 Å². The number of nitrogens with zero attached hydrogens (tertiary/aromatic N) is 1. The van der Waals surface area contributed by atoms with Gasteiger partial charge in [0.15, 0.2) is 0 Å². The molecule has 1 aliphatic rings. The predicted octanol–water partition coefficient (Wildman–Crippen LogP) is 2.25. The van der Waals surface area contributed by atoms with Crippen LogP contribution in [-0.2, 0) is 9.53 Å². The molecule has 0 spiro atoms. The number of likely N-dealkylation sites (tertiary alicyclic amines) is 1. The van der Waals surface area contributed by atoms with E-state index in [-0.39, 0.29) is 31.4 Å². The van der Waals surface area contributed by atoms with Crippen molar-refractivity contribution in [3.63, 3.8) is 0 Å². The van der Waals surface area contributed by atoms with Crippen LogP contribution in [0.2, 0.25) is 0 Å². The third kappa shape index (κ3) is 5.35. The lowest BCUT2D eigenvalue weighted by Crippen LogP contribution is -2.43. The van der Waals surface area contributed by atoms with Crippen LogP contribution in [0.4, 0.5) is 10.5 Å². The van der Waals surface area contributed by atoms with E-state index in [1.54, 1.807) is 24.3 Å². The highest BCUT2D eigenvalue weighted by atomic mass is 16.6. The summed E-state index contributed by atoms with van der Waals surface area (Å²) in [7, 11) is 0. The molecule has 2 N–H and O–H groups in total. The Labute approximate surface area is 147 Å². The first-order valence-corrected chi connectivity index (χ1v) is 8.55. The molecule has 0 aliphatic carbocycles. The zero-order chi connectivity index (χ0) is 18.4. The van der Waals surface area contributed by atoms with Gasteiger partial charge in [0.05, 0.1) is 25.9 Å². The zero-order valence-corrected chi connectivity index (χ0v) is 14.9. The van der Waals surface area contributed by atoms with Gasteiger partial charge >= 0.3 is 6.09 Å². The van der Waals surface area contributed by atoms with Crippen LogP contribution >= 0.6 is 0 Å². The lowest BCUT2D eigenvalue weighted by atomic mass is 10.2. The molecule has 1 aliphatic heterocycles. The van der Waals surface area contributed by atoms with Gasteiger partial charge < -0.3 is 19.9 Å². The number of carbonyl (C=O) groups is 2. The molecule has 0 unspecified atom stereocenters. The Morgan fingerprint density at radius 2 is 2.00 bits per heavy atom. The van der Waals surface area contributed by atoms with Crippen LogP contribution in [0.1, 0.15) is 27.2 Å². The lowest BCUT2D eigenvalue weighted by molar-refractivity contribution is -0.120. The fourth-order valence-electron chi connectivity index (χ4n) is 2.61. The molecular formula is C18H26N2O5. The Kier molecular flexibility index (Phi) is 6.64. The third-order valence-corrected chi connectivity index (χ3v) is 3.79. The molecule has 2 rings (SSSR count). The first kappa shape index (κ1) is 19.1. The number of β-amino-alcohol motifs (C(OH)–C–C–N with tert-alkyl or cyclic N) is 1. The number of benzene rings is 1. The number of hydrogen-bond donors (Lipinski definition) is 2. The van der Waals surface area contributed by atoms with Gasteiger partial charge in [0.2, 0.25) is 5.91 Å². The molecule has 7 nitrogen and oxygen atoms in total. The second-order valence-corrected chi connectivity index (χ2v) is 6.48. The summed E-state index contributed by atoms with van der Waals surface area (Å²) in [5.74, 6) is 0.575. The Hall–Kier alpha value is -2.28. The maximum absolute atomic E-state index is 12.5. The van der Waals surface area contributed by atoms with E-state index in [1.807, 2.05) is 20.8 Å². The Morgan fingerprint density at radius 1 is 1.32 bits per heavy atom. The van der Waals surface area contributed by atoms with E-state index in [0.29, 0.717) is 12.3 Å². The molecule has 0 radical (unpaired) electrons. The van der Waals surface area contributed by atoms with Crippen molar-refractivity contribution >= 4 is 17.7 Å². The maximum Gasteiger partial charge on any atom is 0.410 e. The third-order valence-electron chi connectivity index (χ3n) is 3.79. The van der Waals surface area contributed by atoms with Gasteiger partial charge in [0.25, 0.3) is 0 Å². The molecule has 0 bridgehead atoms. The van der Waals surface area contributed by atoms with Crippen molar-refractivity contribution in [2.24, 2.45) is 5.92 Å². The first-order chi connectivity index (χ1) is 11.9. The van der Waals surface area contributed by atoms with Gasteiger partial charge in [-0.3, -0.25) is 9.69 Å². The maximum atomic E-state index is 12.5. The molecule has 1 heterocycles. The number of anilines is 1. The SMILES string of the molecule is CCOc1ccc(NC(=O)[C@H]2C[C@H](O)CN2C(=O)OCC(C)C)cc1. The minimum Gasteiger partial charge on any atom is -0.494 e. The summed E-state index contributed by atoms with van der Waals surface area (Å²) < 4.78 is 10.5. The van der Waals surface area contributed by atoms with Gasteiger partial charge in [0, 0.05) is 12.1 Å². The van der Waals surface area contributed by atoms with Gasteiger partial charge in [-0.2, -0.15) is 0 Å². The highest BCUT2D eigenvalue weighted by molar-refractivity contribution is 5.97. The predicted molar refractivity (Wildman–Crippen MR) is 93.5 cm³/mol. The molecular weight excluding hydrogens is 324 g/mol. The van der Waals surface area contributed by atoms with Gasteiger partial charge in [0.1, 0.15) is 11.8 Å². The zero-order valence-electron chi connectivity index (χ0n) is 14.9. The molecule has 2 amide bonds. The number of aliphatic hydroxyl groups is 1. The Bertz CT molecular complexity index is 588. The van der Waals surface area contributed by atoms with E-state index < -0.39 is 18.2 Å². The number of rotatable bonds is 6. The van der Waals surface area contributed by atoms with E-state index in [2.05, 4.69) is 5.32 Å². The summed E-state index contributed by atoms with van der Waals surface area (Å²) in [4.78, 5) is 26.0. The summed E-state index contributed by atoms with van der Waals surface area (Å²) >= 11 is 0. The summed E-state index contributed by atoms with van der Waals surface area (Å²) in [6, 6.07) is 6.24. The van der Waals surface area contributed by atoms with Crippen LogP contribution in [0.15, 0.2) is 24.3 Å². The van der Waals surface area contributed by atoms with Gasteiger partial charge in [-0.1, -0.05) is 13.8 Å². The minimum atomic E-state index is -0.749. The molecule has 0 saturated carbocycles. The smallest absolute Gasteiger partial charge is 0.410 e. The molecule has 2 atom stereocenters. The monoisotopic (exact) mass is 350 g/mol. The second kappa shape index (κ2) is 8.71. The van der Waals surface area contributed by atoms with Crippen molar-refractivity contribution in [2.75, 3.05) is 25.1 Å². The van der Waals surface area contributed by atoms with E-state index in [0.717, 1.165) is 5.75 Å². The molecule has 0 aromatic heterocycles. The number of aliphatic hydroxyl groups excluding tert-OH is 1. The van der Waals surface area contributed by atoms with Crippen LogP contribution in [0, 0.1) is 5.92 Å². The van der Waals surface area contributed by atoms with Crippen LogP contribution < -0.4 is 10.1 Å². The van der Waals surface area contributed by atoms with E-state index in [9.17, 15) is 14.7 Å². The van der Waals surface area contributed by atoms with Crippen LogP contribution in [0.25, 0.3) is 0 Å². The Balaban J connectivity index is 1.99. The summed E-state index contributed by atoms with van der Waals surface area (Å²) in [5.41, 5.74) is 0.602. The highest BCUT2D eigenvalue weighted by Gasteiger charge is 2.39. The molecule has 7 heteroatoms. The largest absolute Gasteiger partial charge is 0.494 e. The van der Waals surface area contributed by atoms with E-state index >= 15 is 0 Å². The van der Waals surface area contributed by atoms with Crippen molar-refractivity contribution in [1.29, 1.82) is 0 Å². The van der Waals surface area contributed by atoms with Crippen molar-refractivity contribution in [1.82, 2.24) is 4.90 Å². The standard InChI is InChI=1S/C18H26N2O5/c1-4-24-15-7-5-13(6-8-15)19-17(22)16-9-14(21)10-20(16)18(23)25-11-12(2)3/h5-8,12,14,16,21H,4,9-11H2,1-3H3,(H,19,22)/t14-,16+/m0/s1. The van der Waals surface area contributed by atoms with Crippen molar-refractivity contribution in [3.8, 4) is 5.75 Å². The molecule has 1 aromatic carbocycles. The average Bonchev–Trinajstić information content (AvgIpc) is 2.97. The summed E-state index contributed by atoms with van der Waals surface area (Å²) in [6.45, 7) is 6.70. The number of carbonyl (C=O) groups excluding carboxylic acids is 2. The number of hydrogen-bond acceptors (Lipinski definition) is 5. The molecule has 25 heavy (non-hydrogen) atoms. The van der Waals surface area contributed by atoms with Crippen molar-refractivity contribution in [3.05, 3.63) is 24.3 Å². The second-order valence-electron chi connectivity index (χ2n) is 6.48. The lowest BCUT2D eigenvalue weighted by Gasteiger charge is -2.23. The molecule has 1 aromatic rings. The van der Waals surface area contributed by atoms with Crippen molar-refractivity contribution < 1.29 is 24.2 Å². The average molecular weight is 350 g/mol. The highest BCUT2D eigenvalue weighted by Crippen LogP contribution is 2.22. The Morgan fingerprint density at radius 3 is 2.60 bits per heavy atom. The molecule has 1 fully saturated rings.